The lowest BCUT2D eigenvalue weighted by Crippen LogP contribution is -2.25. The third kappa shape index (κ3) is 3.24. The maximum absolute atomic E-state index is 14.0. The van der Waals surface area contributed by atoms with Gasteiger partial charge in [0.15, 0.2) is 0 Å². The molecule has 112 valence electrons. The van der Waals surface area contributed by atoms with E-state index in [1.165, 1.54) is 12.1 Å². The van der Waals surface area contributed by atoms with E-state index >= 15 is 0 Å². The molecule has 1 N–H and O–H groups in total. The van der Waals surface area contributed by atoms with E-state index in [0.29, 0.717) is 18.7 Å². The van der Waals surface area contributed by atoms with Crippen LogP contribution in [0.25, 0.3) is 0 Å². The molecule has 2 aromatic rings. The van der Waals surface area contributed by atoms with Gasteiger partial charge in [-0.1, -0.05) is 24.6 Å². The molecule has 2 aromatic carbocycles. The minimum absolute atomic E-state index is 0.126. The van der Waals surface area contributed by atoms with Crippen molar-refractivity contribution in [3.8, 4) is 0 Å². The van der Waals surface area contributed by atoms with Crippen molar-refractivity contribution in [1.82, 2.24) is 5.32 Å². The van der Waals surface area contributed by atoms with Crippen LogP contribution in [-0.2, 0) is 0 Å². The van der Waals surface area contributed by atoms with Crippen molar-refractivity contribution >= 4 is 0 Å². The van der Waals surface area contributed by atoms with Crippen molar-refractivity contribution in [3.05, 3.63) is 70.3 Å². The summed E-state index contributed by atoms with van der Waals surface area (Å²) < 4.78 is 55.0. The Bertz CT molecular complexity index is 632. The summed E-state index contributed by atoms with van der Waals surface area (Å²) in [6.07, 6.45) is 0. The topological polar surface area (TPSA) is 12.0 Å². The van der Waals surface area contributed by atoms with Gasteiger partial charge in [-0.25, -0.2) is 17.6 Å². The zero-order valence-corrected chi connectivity index (χ0v) is 11.7. The Balaban J connectivity index is 2.61. The molecule has 0 amide bonds. The maximum Gasteiger partial charge on any atom is 0.134 e. The van der Waals surface area contributed by atoms with E-state index in [1.54, 1.807) is 19.9 Å². The first kappa shape index (κ1) is 15.5. The minimum Gasteiger partial charge on any atom is -0.306 e. The van der Waals surface area contributed by atoms with Crippen LogP contribution < -0.4 is 5.32 Å². The summed E-state index contributed by atoms with van der Waals surface area (Å²) in [7, 11) is 0. The first-order chi connectivity index (χ1) is 9.93. The highest BCUT2D eigenvalue weighted by molar-refractivity contribution is 5.36. The zero-order chi connectivity index (χ0) is 15.6. The summed E-state index contributed by atoms with van der Waals surface area (Å²) in [6, 6.07) is 4.50. The molecule has 0 fully saturated rings. The molecular formula is C16H15F4N. The number of benzene rings is 2. The van der Waals surface area contributed by atoms with E-state index in [0.717, 1.165) is 5.56 Å². The van der Waals surface area contributed by atoms with Gasteiger partial charge in [-0.3, -0.25) is 0 Å². The maximum atomic E-state index is 14.0. The Morgan fingerprint density at radius 3 is 2.14 bits per heavy atom. The van der Waals surface area contributed by atoms with Crippen LogP contribution in [-0.4, -0.2) is 6.54 Å². The summed E-state index contributed by atoms with van der Waals surface area (Å²) in [5.41, 5.74) is 0.501. The molecule has 0 heterocycles. The molecule has 1 atom stereocenters. The van der Waals surface area contributed by atoms with Crippen LogP contribution in [0.1, 0.15) is 29.7 Å². The molecule has 21 heavy (non-hydrogen) atoms. The first-order valence-electron chi connectivity index (χ1n) is 6.58. The van der Waals surface area contributed by atoms with Crippen LogP contribution in [0.2, 0.25) is 0 Å². The smallest absolute Gasteiger partial charge is 0.134 e. The average molecular weight is 297 g/mol. The van der Waals surface area contributed by atoms with E-state index in [2.05, 4.69) is 5.32 Å². The number of hydrogen-bond acceptors (Lipinski definition) is 1. The third-order valence-corrected chi connectivity index (χ3v) is 3.20. The molecule has 1 unspecified atom stereocenters. The molecule has 0 aliphatic carbocycles. The van der Waals surface area contributed by atoms with Gasteiger partial charge < -0.3 is 5.32 Å². The number of rotatable bonds is 4. The van der Waals surface area contributed by atoms with E-state index < -0.39 is 29.3 Å². The molecule has 0 saturated heterocycles. The van der Waals surface area contributed by atoms with Crippen LogP contribution in [0.15, 0.2) is 30.3 Å². The Hall–Kier alpha value is -1.88. The van der Waals surface area contributed by atoms with Gasteiger partial charge in [-0.2, -0.15) is 0 Å². The van der Waals surface area contributed by atoms with Crippen molar-refractivity contribution in [2.75, 3.05) is 6.54 Å². The predicted octanol–water partition coefficient (Wildman–Crippen LogP) is 4.25. The minimum atomic E-state index is -1.04. The second-order valence-electron chi connectivity index (χ2n) is 4.80. The molecule has 0 aromatic heterocycles. The number of hydrogen-bond donors (Lipinski definition) is 1. The third-order valence-electron chi connectivity index (χ3n) is 3.20. The SMILES string of the molecule is CCNC(c1cc(C)ccc1F)c1c(F)cc(F)cc1F. The van der Waals surface area contributed by atoms with E-state index in [9.17, 15) is 17.6 Å². The Kier molecular flexibility index (Phi) is 4.63. The number of aryl methyl sites for hydroxylation is 1. The van der Waals surface area contributed by atoms with Crippen molar-refractivity contribution in [3.63, 3.8) is 0 Å². The lowest BCUT2D eigenvalue weighted by atomic mass is 9.95. The van der Waals surface area contributed by atoms with Crippen molar-refractivity contribution in [2.45, 2.75) is 19.9 Å². The van der Waals surface area contributed by atoms with E-state index in [4.69, 9.17) is 0 Å². The Morgan fingerprint density at radius 1 is 0.952 bits per heavy atom. The van der Waals surface area contributed by atoms with Crippen LogP contribution in [0.4, 0.5) is 17.6 Å². The summed E-state index contributed by atoms with van der Waals surface area (Å²) >= 11 is 0. The standard InChI is InChI=1S/C16H15F4N/c1-3-21-16(11-6-9(2)4-5-12(11)18)15-13(19)7-10(17)8-14(15)20/h4-8,16,21H,3H2,1-2H3. The quantitative estimate of drug-likeness (QED) is 0.832. The average Bonchev–Trinajstić information content (AvgIpc) is 2.39. The Labute approximate surface area is 120 Å². The first-order valence-corrected chi connectivity index (χ1v) is 6.58. The largest absolute Gasteiger partial charge is 0.306 e. The van der Waals surface area contributed by atoms with Gasteiger partial charge in [0.2, 0.25) is 0 Å². The van der Waals surface area contributed by atoms with Crippen molar-refractivity contribution < 1.29 is 17.6 Å². The summed E-state index contributed by atoms with van der Waals surface area (Å²) in [6.45, 7) is 3.86. The molecule has 2 rings (SSSR count). The molecule has 0 saturated carbocycles. The van der Waals surface area contributed by atoms with Crippen LogP contribution in [0.3, 0.4) is 0 Å². The second kappa shape index (κ2) is 6.26. The molecule has 0 aliphatic heterocycles. The normalized spacial score (nSPS) is 12.5. The fourth-order valence-electron chi connectivity index (χ4n) is 2.29. The number of halogens is 4. The fraction of sp³-hybridized carbons (Fsp3) is 0.250. The molecule has 0 bridgehead atoms. The molecule has 0 aliphatic rings. The summed E-state index contributed by atoms with van der Waals surface area (Å²) in [5, 5.41) is 2.84. The van der Waals surface area contributed by atoms with Gasteiger partial charge in [0, 0.05) is 23.3 Å². The summed E-state index contributed by atoms with van der Waals surface area (Å²) in [5.74, 6) is -3.66. The fourth-order valence-corrected chi connectivity index (χ4v) is 2.29. The highest BCUT2D eigenvalue weighted by Gasteiger charge is 2.24. The van der Waals surface area contributed by atoms with Crippen LogP contribution in [0.5, 0.6) is 0 Å². The zero-order valence-electron chi connectivity index (χ0n) is 11.7. The highest BCUT2D eigenvalue weighted by atomic mass is 19.1. The Morgan fingerprint density at radius 2 is 1.57 bits per heavy atom. The second-order valence-corrected chi connectivity index (χ2v) is 4.80. The van der Waals surface area contributed by atoms with Gasteiger partial charge in [0.25, 0.3) is 0 Å². The van der Waals surface area contributed by atoms with E-state index in [1.807, 2.05) is 0 Å². The van der Waals surface area contributed by atoms with Gasteiger partial charge >= 0.3 is 0 Å². The van der Waals surface area contributed by atoms with Gasteiger partial charge in [0.1, 0.15) is 23.3 Å². The molecular weight excluding hydrogens is 282 g/mol. The van der Waals surface area contributed by atoms with Gasteiger partial charge in [0.05, 0.1) is 6.04 Å². The monoisotopic (exact) mass is 297 g/mol. The van der Waals surface area contributed by atoms with Crippen molar-refractivity contribution in [1.29, 1.82) is 0 Å². The van der Waals surface area contributed by atoms with Crippen LogP contribution in [0, 0.1) is 30.2 Å². The van der Waals surface area contributed by atoms with Crippen LogP contribution >= 0.6 is 0 Å². The molecule has 5 heteroatoms. The van der Waals surface area contributed by atoms with Gasteiger partial charge in [-0.15, -0.1) is 0 Å². The lowest BCUT2D eigenvalue weighted by Gasteiger charge is -2.21. The highest BCUT2D eigenvalue weighted by Crippen LogP contribution is 2.29. The lowest BCUT2D eigenvalue weighted by molar-refractivity contribution is 0.481. The molecule has 0 radical (unpaired) electrons. The number of nitrogens with one attached hydrogen (secondary N) is 1. The van der Waals surface area contributed by atoms with Gasteiger partial charge in [-0.05, 0) is 19.5 Å². The predicted molar refractivity (Wildman–Crippen MR) is 73.0 cm³/mol. The van der Waals surface area contributed by atoms with Crippen molar-refractivity contribution in [2.24, 2.45) is 0 Å². The molecule has 0 spiro atoms. The summed E-state index contributed by atoms with van der Waals surface area (Å²) in [4.78, 5) is 0. The molecule has 1 nitrogen and oxygen atoms in total. The van der Waals surface area contributed by atoms with E-state index in [-0.39, 0.29) is 11.1 Å².